The Morgan fingerprint density at radius 3 is 2.78 bits per heavy atom. The van der Waals surface area contributed by atoms with Gasteiger partial charge in [-0.3, -0.25) is 0 Å². The molecule has 0 spiro atoms. The van der Waals surface area contributed by atoms with Gasteiger partial charge in [-0.2, -0.15) is 5.26 Å². The fourth-order valence-corrected chi connectivity index (χ4v) is 4.11. The van der Waals surface area contributed by atoms with Gasteiger partial charge in [0.15, 0.2) is 11.5 Å². The molecular weight excluding hydrogens is 471 g/mol. The number of nitrogens with zero attached hydrogens (tertiary/aromatic N) is 2. The molecule has 1 aromatic heterocycles. The quantitative estimate of drug-likeness (QED) is 0.423. The Morgan fingerprint density at radius 2 is 2.11 bits per heavy atom. The van der Waals surface area contributed by atoms with Crippen LogP contribution in [0.3, 0.4) is 0 Å². The Labute approximate surface area is 178 Å². The molecule has 0 radical (unpaired) electrons. The lowest BCUT2D eigenvalue weighted by molar-refractivity contribution is 0.372. The van der Waals surface area contributed by atoms with E-state index in [4.69, 9.17) is 27.9 Å². The number of halogens is 3. The molecular formula is C19H11BrCl2N2O2S. The molecule has 0 bridgehead atoms. The molecule has 4 nitrogen and oxygen atoms in total. The van der Waals surface area contributed by atoms with Crippen LogP contribution in [-0.2, 0) is 0 Å². The number of ether oxygens (including phenoxy) is 1. The Hall–Kier alpha value is -2.04. The number of methoxy groups -OCH3 is 1. The number of hydrogen-bond donors (Lipinski definition) is 1. The Bertz CT molecular complexity index is 1090. The number of allylic oxidation sites excluding steroid dienone is 1. The maximum absolute atomic E-state index is 9.92. The number of hydrogen-bond acceptors (Lipinski definition) is 5. The molecule has 3 rings (SSSR count). The monoisotopic (exact) mass is 480 g/mol. The minimum absolute atomic E-state index is 0.00192. The second-order valence-electron chi connectivity index (χ2n) is 5.39. The Morgan fingerprint density at radius 1 is 1.33 bits per heavy atom. The zero-order valence-electron chi connectivity index (χ0n) is 13.8. The van der Waals surface area contributed by atoms with E-state index in [2.05, 4.69) is 27.0 Å². The van der Waals surface area contributed by atoms with Crippen LogP contribution in [0, 0.1) is 11.3 Å². The van der Waals surface area contributed by atoms with E-state index in [9.17, 15) is 10.4 Å². The van der Waals surface area contributed by atoms with Gasteiger partial charge in [0.1, 0.15) is 11.1 Å². The average Bonchev–Trinajstić information content (AvgIpc) is 3.12. The van der Waals surface area contributed by atoms with Crippen molar-refractivity contribution in [2.45, 2.75) is 0 Å². The van der Waals surface area contributed by atoms with E-state index in [0.29, 0.717) is 42.1 Å². The van der Waals surface area contributed by atoms with Crippen molar-refractivity contribution in [1.82, 2.24) is 4.98 Å². The molecule has 1 N–H and O–H groups in total. The molecule has 0 atom stereocenters. The molecule has 0 aliphatic heterocycles. The highest BCUT2D eigenvalue weighted by Gasteiger charge is 2.13. The maximum atomic E-state index is 9.92. The summed E-state index contributed by atoms with van der Waals surface area (Å²) in [5, 5.41) is 22.9. The molecule has 2 aromatic carbocycles. The lowest BCUT2D eigenvalue weighted by atomic mass is 10.1. The zero-order chi connectivity index (χ0) is 19.6. The van der Waals surface area contributed by atoms with Gasteiger partial charge in [-0.1, -0.05) is 23.2 Å². The third kappa shape index (κ3) is 4.28. The van der Waals surface area contributed by atoms with Crippen LogP contribution >= 0.6 is 50.5 Å². The van der Waals surface area contributed by atoms with Crippen LogP contribution in [0.5, 0.6) is 11.5 Å². The van der Waals surface area contributed by atoms with Crippen molar-refractivity contribution >= 4 is 62.1 Å². The second-order valence-corrected chi connectivity index (χ2v) is 7.94. The highest BCUT2D eigenvalue weighted by molar-refractivity contribution is 9.10. The van der Waals surface area contributed by atoms with Crippen LogP contribution in [0.4, 0.5) is 0 Å². The number of phenols is 1. The molecule has 0 fully saturated rings. The molecule has 27 heavy (non-hydrogen) atoms. The van der Waals surface area contributed by atoms with E-state index in [-0.39, 0.29) is 5.75 Å². The molecule has 0 saturated heterocycles. The fraction of sp³-hybridized carbons (Fsp3) is 0.0526. The number of aromatic nitrogens is 1. The average molecular weight is 482 g/mol. The number of thiazole rings is 1. The highest BCUT2D eigenvalue weighted by Crippen LogP contribution is 2.37. The molecule has 0 aliphatic rings. The molecule has 0 amide bonds. The summed E-state index contributed by atoms with van der Waals surface area (Å²) in [6.07, 6.45) is 1.68. The van der Waals surface area contributed by atoms with E-state index in [1.54, 1.807) is 36.4 Å². The summed E-state index contributed by atoms with van der Waals surface area (Å²) >= 11 is 16.8. The van der Waals surface area contributed by atoms with Crippen LogP contribution < -0.4 is 4.74 Å². The summed E-state index contributed by atoms with van der Waals surface area (Å²) < 4.78 is 5.61. The molecule has 1 heterocycles. The minimum atomic E-state index is 0.00192. The Balaban J connectivity index is 2.00. The van der Waals surface area contributed by atoms with Gasteiger partial charge in [0.05, 0.1) is 27.9 Å². The van der Waals surface area contributed by atoms with Crippen LogP contribution in [0.15, 0.2) is 40.2 Å². The highest BCUT2D eigenvalue weighted by atomic mass is 79.9. The number of aromatic hydroxyl groups is 1. The molecule has 0 saturated carbocycles. The number of phenolic OH excluding ortho intramolecular Hbond substituents is 1. The summed E-state index contributed by atoms with van der Waals surface area (Å²) in [5.41, 5.74) is 2.49. The molecule has 0 aliphatic carbocycles. The van der Waals surface area contributed by atoms with Crippen LogP contribution in [0.1, 0.15) is 10.6 Å². The predicted molar refractivity (Wildman–Crippen MR) is 113 cm³/mol. The van der Waals surface area contributed by atoms with E-state index in [1.165, 1.54) is 18.4 Å². The molecule has 8 heteroatoms. The van der Waals surface area contributed by atoms with E-state index < -0.39 is 0 Å². The summed E-state index contributed by atoms with van der Waals surface area (Å²) in [4.78, 5) is 4.53. The van der Waals surface area contributed by atoms with Gasteiger partial charge < -0.3 is 9.84 Å². The minimum Gasteiger partial charge on any atom is -0.503 e. The lowest BCUT2D eigenvalue weighted by Crippen LogP contribution is -1.87. The lowest BCUT2D eigenvalue weighted by Gasteiger charge is -2.06. The second kappa shape index (κ2) is 8.32. The van der Waals surface area contributed by atoms with E-state index in [0.717, 1.165) is 5.56 Å². The van der Waals surface area contributed by atoms with Crippen molar-refractivity contribution in [2.24, 2.45) is 0 Å². The van der Waals surface area contributed by atoms with Crippen LogP contribution in [-0.4, -0.2) is 17.2 Å². The fourth-order valence-electron chi connectivity index (χ4n) is 2.36. The van der Waals surface area contributed by atoms with E-state index in [1.807, 2.05) is 5.38 Å². The summed E-state index contributed by atoms with van der Waals surface area (Å²) in [7, 11) is 1.46. The van der Waals surface area contributed by atoms with Crippen molar-refractivity contribution in [2.75, 3.05) is 7.11 Å². The van der Waals surface area contributed by atoms with Crippen LogP contribution in [0.25, 0.3) is 22.9 Å². The van der Waals surface area contributed by atoms with Gasteiger partial charge in [-0.25, -0.2) is 4.98 Å². The summed E-state index contributed by atoms with van der Waals surface area (Å²) in [5.74, 6) is 0.308. The number of rotatable bonds is 4. The smallest absolute Gasteiger partial charge is 0.172 e. The molecule has 3 aromatic rings. The summed E-state index contributed by atoms with van der Waals surface area (Å²) in [6, 6.07) is 10.7. The first-order valence-electron chi connectivity index (χ1n) is 7.52. The molecule has 136 valence electrons. The normalized spacial score (nSPS) is 11.3. The zero-order valence-corrected chi connectivity index (χ0v) is 17.7. The van der Waals surface area contributed by atoms with Crippen molar-refractivity contribution in [3.8, 4) is 28.8 Å². The first-order chi connectivity index (χ1) is 12.9. The number of benzene rings is 2. The first kappa shape index (κ1) is 19.7. The largest absolute Gasteiger partial charge is 0.503 e. The van der Waals surface area contributed by atoms with Gasteiger partial charge in [0, 0.05) is 16.0 Å². The van der Waals surface area contributed by atoms with E-state index >= 15 is 0 Å². The number of nitriles is 1. The Kier molecular flexibility index (Phi) is 6.08. The summed E-state index contributed by atoms with van der Waals surface area (Å²) in [6.45, 7) is 0. The van der Waals surface area contributed by atoms with Gasteiger partial charge in [0.25, 0.3) is 0 Å². The maximum Gasteiger partial charge on any atom is 0.172 e. The van der Waals surface area contributed by atoms with Gasteiger partial charge in [-0.15, -0.1) is 11.3 Å². The van der Waals surface area contributed by atoms with Crippen molar-refractivity contribution in [1.29, 1.82) is 5.26 Å². The topological polar surface area (TPSA) is 66.1 Å². The van der Waals surface area contributed by atoms with Crippen molar-refractivity contribution in [3.63, 3.8) is 0 Å². The van der Waals surface area contributed by atoms with Gasteiger partial charge in [-0.05, 0) is 57.9 Å². The molecule has 0 unspecified atom stereocenters. The van der Waals surface area contributed by atoms with Crippen LogP contribution in [0.2, 0.25) is 10.0 Å². The van der Waals surface area contributed by atoms with Gasteiger partial charge in [0.2, 0.25) is 0 Å². The van der Waals surface area contributed by atoms with Crippen molar-refractivity contribution in [3.05, 3.63) is 60.8 Å². The third-order valence-corrected chi connectivity index (χ3v) is 5.67. The third-order valence-electron chi connectivity index (χ3n) is 3.64. The first-order valence-corrected chi connectivity index (χ1v) is 9.95. The van der Waals surface area contributed by atoms with Crippen molar-refractivity contribution < 1.29 is 9.84 Å². The SMILES string of the molecule is COc1cc(/C=C(/C#N)c2nc(-c3ccc(Cl)cc3Cl)cs2)cc(Br)c1O. The standard InChI is InChI=1S/C19H11BrCl2N2O2S/c1-26-17-6-10(5-14(20)18(17)25)4-11(8-23)19-24-16(9-27-19)13-3-2-12(21)7-15(13)22/h2-7,9,25H,1H3/b11-4-. The van der Waals surface area contributed by atoms with Gasteiger partial charge >= 0.3 is 0 Å². The predicted octanol–water partition coefficient (Wildman–Crippen LogP) is 6.66.